The van der Waals surface area contributed by atoms with Crippen molar-refractivity contribution in [2.45, 2.75) is 52.5 Å². The summed E-state index contributed by atoms with van der Waals surface area (Å²) in [7, 11) is 0. The average Bonchev–Trinajstić information content (AvgIpc) is 3.16. The highest BCUT2D eigenvalue weighted by molar-refractivity contribution is 7.10. The van der Waals surface area contributed by atoms with Crippen LogP contribution in [0.4, 0.5) is 0 Å². The minimum Gasteiger partial charge on any atom is -0.333 e. The van der Waals surface area contributed by atoms with Crippen LogP contribution in [-0.2, 0) is 16.0 Å². The van der Waals surface area contributed by atoms with Crippen molar-refractivity contribution in [3.8, 4) is 0 Å². The van der Waals surface area contributed by atoms with E-state index < -0.39 is 0 Å². The zero-order chi connectivity index (χ0) is 20.1. The molecule has 0 unspecified atom stereocenters. The number of carbonyl (C=O) groups excluding carboxylic acids is 2. The smallest absolute Gasteiger partial charge is 0.242 e. The number of hydrogen-bond acceptors (Lipinski definition) is 3. The van der Waals surface area contributed by atoms with Gasteiger partial charge >= 0.3 is 0 Å². The molecule has 3 rings (SSSR count). The van der Waals surface area contributed by atoms with Gasteiger partial charge in [-0.2, -0.15) is 0 Å². The first-order chi connectivity index (χ1) is 13.5. The Morgan fingerprint density at radius 1 is 1.14 bits per heavy atom. The second-order valence-corrected chi connectivity index (χ2v) is 8.52. The Bertz CT molecular complexity index is 812. The molecule has 0 N–H and O–H groups in total. The fraction of sp³-hybridized carbons (Fsp3) is 0.478. The molecule has 150 valence electrons. The van der Waals surface area contributed by atoms with Crippen LogP contribution < -0.4 is 0 Å². The van der Waals surface area contributed by atoms with Gasteiger partial charge in [0.05, 0.1) is 12.6 Å². The third-order valence-corrected chi connectivity index (χ3v) is 6.31. The largest absolute Gasteiger partial charge is 0.333 e. The summed E-state index contributed by atoms with van der Waals surface area (Å²) in [6.45, 7) is 7.63. The molecule has 1 aliphatic rings. The number of fused-ring (bicyclic) bond motifs is 1. The normalized spacial score (nSPS) is 16.0. The number of amides is 2. The summed E-state index contributed by atoms with van der Waals surface area (Å²) in [5.74, 6) is 0.123. The topological polar surface area (TPSA) is 40.6 Å². The fourth-order valence-corrected chi connectivity index (χ4v) is 4.79. The average molecular weight is 399 g/mol. The maximum atomic E-state index is 13.3. The Morgan fingerprint density at radius 2 is 1.89 bits per heavy atom. The van der Waals surface area contributed by atoms with Crippen LogP contribution in [0.1, 0.15) is 60.7 Å². The summed E-state index contributed by atoms with van der Waals surface area (Å²) in [5, 5.41) is 2.12. The van der Waals surface area contributed by atoms with Gasteiger partial charge in [-0.1, -0.05) is 43.7 Å². The molecule has 1 atom stereocenters. The van der Waals surface area contributed by atoms with Gasteiger partial charge in [0.25, 0.3) is 0 Å². The first-order valence-electron chi connectivity index (χ1n) is 10.2. The van der Waals surface area contributed by atoms with Crippen LogP contribution in [0, 0.1) is 6.92 Å². The molecule has 0 saturated carbocycles. The molecule has 5 heteroatoms. The van der Waals surface area contributed by atoms with E-state index in [4.69, 9.17) is 0 Å². The Labute approximate surface area is 172 Å². The number of nitrogens with zero attached hydrogens (tertiary/aromatic N) is 2. The molecule has 4 nitrogen and oxygen atoms in total. The number of benzene rings is 1. The fourth-order valence-electron chi connectivity index (χ4n) is 3.88. The third kappa shape index (κ3) is 4.46. The lowest BCUT2D eigenvalue weighted by Gasteiger charge is -2.37. The van der Waals surface area contributed by atoms with E-state index in [9.17, 15) is 9.59 Å². The minimum atomic E-state index is -0.0622. The number of thiophene rings is 1. The van der Waals surface area contributed by atoms with Gasteiger partial charge in [-0.25, -0.2) is 0 Å². The molecule has 0 aliphatic carbocycles. The third-order valence-electron chi connectivity index (χ3n) is 5.32. The van der Waals surface area contributed by atoms with E-state index in [0.717, 1.165) is 24.8 Å². The summed E-state index contributed by atoms with van der Waals surface area (Å²) in [6, 6.07) is 10.5. The van der Waals surface area contributed by atoms with E-state index in [0.29, 0.717) is 19.5 Å². The molecule has 1 aromatic carbocycles. The SMILES string of the molecule is CCCC(=O)N(CCC)CC(=O)N1CCc2sccc2[C@H]1c1ccc(C)cc1. The zero-order valence-corrected chi connectivity index (χ0v) is 17.9. The predicted molar refractivity (Wildman–Crippen MR) is 115 cm³/mol. The number of hydrogen-bond donors (Lipinski definition) is 0. The van der Waals surface area contributed by atoms with Gasteiger partial charge < -0.3 is 9.80 Å². The first-order valence-corrected chi connectivity index (χ1v) is 11.1. The molecule has 2 aromatic rings. The highest BCUT2D eigenvalue weighted by atomic mass is 32.1. The molecule has 0 radical (unpaired) electrons. The van der Waals surface area contributed by atoms with Crippen molar-refractivity contribution in [2.24, 2.45) is 0 Å². The van der Waals surface area contributed by atoms with E-state index >= 15 is 0 Å². The number of carbonyl (C=O) groups is 2. The van der Waals surface area contributed by atoms with Gasteiger partial charge in [-0.15, -0.1) is 11.3 Å². The van der Waals surface area contributed by atoms with Crippen LogP contribution in [0.25, 0.3) is 0 Å². The maximum absolute atomic E-state index is 13.3. The Kier molecular flexibility index (Phi) is 6.89. The van der Waals surface area contributed by atoms with Crippen molar-refractivity contribution in [1.82, 2.24) is 9.80 Å². The maximum Gasteiger partial charge on any atom is 0.242 e. The highest BCUT2D eigenvalue weighted by Crippen LogP contribution is 2.37. The molecule has 28 heavy (non-hydrogen) atoms. The molecule has 0 bridgehead atoms. The Hall–Kier alpha value is -2.14. The van der Waals surface area contributed by atoms with Gasteiger partial charge in [-0.05, 0) is 48.8 Å². The number of rotatable bonds is 7. The first kappa shape index (κ1) is 20.6. The standard InChI is InChI=1S/C23H30N2O2S/c1-4-6-21(26)24(13-5-2)16-22(27)25-14-11-20-19(12-15-28-20)23(25)18-9-7-17(3)8-10-18/h7-10,12,15,23H,4-6,11,13-14,16H2,1-3H3/t23-/m1/s1. The Balaban J connectivity index is 1.87. The van der Waals surface area contributed by atoms with Crippen molar-refractivity contribution in [3.63, 3.8) is 0 Å². The highest BCUT2D eigenvalue weighted by Gasteiger charge is 2.33. The lowest BCUT2D eigenvalue weighted by atomic mass is 9.92. The lowest BCUT2D eigenvalue weighted by Crippen LogP contribution is -2.47. The Morgan fingerprint density at radius 3 is 2.57 bits per heavy atom. The molecular formula is C23H30N2O2S. The van der Waals surface area contributed by atoms with Crippen LogP contribution >= 0.6 is 11.3 Å². The van der Waals surface area contributed by atoms with Crippen LogP contribution in [0.15, 0.2) is 35.7 Å². The van der Waals surface area contributed by atoms with Gasteiger partial charge in [-0.3, -0.25) is 9.59 Å². The predicted octanol–water partition coefficient (Wildman–Crippen LogP) is 4.57. The summed E-state index contributed by atoms with van der Waals surface area (Å²) < 4.78 is 0. The second-order valence-electron chi connectivity index (χ2n) is 7.51. The van der Waals surface area contributed by atoms with Gasteiger partial charge in [0, 0.05) is 24.4 Å². The van der Waals surface area contributed by atoms with Crippen molar-refractivity contribution >= 4 is 23.2 Å². The van der Waals surface area contributed by atoms with Crippen molar-refractivity contribution in [1.29, 1.82) is 0 Å². The van der Waals surface area contributed by atoms with E-state index in [1.54, 1.807) is 16.2 Å². The molecule has 1 aromatic heterocycles. The summed E-state index contributed by atoms with van der Waals surface area (Å²) >= 11 is 1.77. The van der Waals surface area contributed by atoms with Crippen LogP contribution in [-0.4, -0.2) is 41.2 Å². The molecule has 0 fully saturated rings. The molecule has 1 aliphatic heterocycles. The summed E-state index contributed by atoms with van der Waals surface area (Å²) in [6.07, 6.45) is 3.06. The van der Waals surface area contributed by atoms with Gasteiger partial charge in [0.2, 0.25) is 11.8 Å². The second kappa shape index (κ2) is 9.37. The molecular weight excluding hydrogens is 368 g/mol. The zero-order valence-electron chi connectivity index (χ0n) is 17.1. The van der Waals surface area contributed by atoms with E-state index in [1.807, 2.05) is 18.7 Å². The van der Waals surface area contributed by atoms with Crippen molar-refractivity contribution < 1.29 is 9.59 Å². The molecule has 2 heterocycles. The quantitative estimate of drug-likeness (QED) is 0.685. The van der Waals surface area contributed by atoms with E-state index in [1.165, 1.54) is 16.0 Å². The van der Waals surface area contributed by atoms with Gasteiger partial charge in [0.1, 0.15) is 0 Å². The van der Waals surface area contributed by atoms with E-state index in [-0.39, 0.29) is 24.4 Å². The van der Waals surface area contributed by atoms with Crippen LogP contribution in [0.3, 0.4) is 0 Å². The summed E-state index contributed by atoms with van der Waals surface area (Å²) in [4.78, 5) is 30.8. The summed E-state index contributed by atoms with van der Waals surface area (Å²) in [5.41, 5.74) is 3.58. The van der Waals surface area contributed by atoms with Gasteiger partial charge in [0.15, 0.2) is 0 Å². The molecule has 0 spiro atoms. The van der Waals surface area contributed by atoms with E-state index in [2.05, 4.69) is 42.6 Å². The molecule has 2 amide bonds. The lowest BCUT2D eigenvalue weighted by molar-refractivity contribution is -0.141. The van der Waals surface area contributed by atoms with Crippen molar-refractivity contribution in [3.05, 3.63) is 57.3 Å². The van der Waals surface area contributed by atoms with Crippen molar-refractivity contribution in [2.75, 3.05) is 19.6 Å². The molecule has 0 saturated heterocycles. The number of aryl methyl sites for hydroxylation is 1. The monoisotopic (exact) mass is 398 g/mol. The minimum absolute atomic E-state index is 0.0420. The van der Waals surface area contributed by atoms with Crippen LogP contribution in [0.2, 0.25) is 0 Å². The van der Waals surface area contributed by atoms with Crippen LogP contribution in [0.5, 0.6) is 0 Å².